The Morgan fingerprint density at radius 1 is 0.964 bits per heavy atom. The molecule has 1 aromatic heterocycles. The van der Waals surface area contributed by atoms with Crippen molar-refractivity contribution in [1.82, 2.24) is 20.8 Å². The van der Waals surface area contributed by atoms with Crippen LogP contribution in [0.5, 0.6) is 11.5 Å². The van der Waals surface area contributed by atoms with Gasteiger partial charge in [-0.05, 0) is 44.2 Å². The Kier molecular flexibility index (Phi) is 4.52. The van der Waals surface area contributed by atoms with Gasteiger partial charge >= 0.3 is 0 Å². The van der Waals surface area contributed by atoms with Crippen LogP contribution in [-0.4, -0.2) is 34.5 Å². The molecule has 0 aliphatic carbocycles. The van der Waals surface area contributed by atoms with E-state index >= 15 is 0 Å². The van der Waals surface area contributed by atoms with Crippen LogP contribution in [-0.2, 0) is 4.79 Å². The number of carbonyl (C=O) groups is 2. The Hall–Kier alpha value is -3.68. The smallest absolute Gasteiger partial charge is 0.283 e. The number of ether oxygens (including phenoxy) is 2. The zero-order valence-corrected chi connectivity index (χ0v) is 15.4. The molecule has 3 aromatic rings. The lowest BCUT2D eigenvalue weighted by molar-refractivity contribution is -0.131. The number of amides is 2. The summed E-state index contributed by atoms with van der Waals surface area (Å²) >= 11 is 0. The highest BCUT2D eigenvalue weighted by Gasteiger charge is 2.27. The molecule has 0 fully saturated rings. The first-order chi connectivity index (χ1) is 13.5. The Bertz CT molecular complexity index is 1080. The zero-order valence-electron chi connectivity index (χ0n) is 15.4. The highest BCUT2D eigenvalue weighted by molar-refractivity contribution is 5.98. The summed E-state index contributed by atoms with van der Waals surface area (Å²) in [5.74, 6) is 0.0969. The van der Waals surface area contributed by atoms with Gasteiger partial charge in [0.2, 0.25) is 6.10 Å². The summed E-state index contributed by atoms with van der Waals surface area (Å²) in [6.07, 6.45) is -0.858. The standard InChI is InChI=1S/C20H18N4O4/c1-11-12(2)22-15-9-13(7-8-14(15)21-11)19(25)23-24-20(26)18-10-27-16-5-3-4-6-17(16)28-18/h3-9,18H,10H2,1-2H3,(H,23,25)(H,24,26). The molecule has 8 nitrogen and oxygen atoms in total. The van der Waals surface area contributed by atoms with Crippen LogP contribution in [0.1, 0.15) is 21.7 Å². The molecule has 1 aliphatic rings. The maximum Gasteiger partial charge on any atom is 0.283 e. The van der Waals surface area contributed by atoms with Gasteiger partial charge in [0.05, 0.1) is 22.4 Å². The summed E-state index contributed by atoms with van der Waals surface area (Å²) < 4.78 is 11.1. The topological polar surface area (TPSA) is 102 Å². The highest BCUT2D eigenvalue weighted by atomic mass is 16.6. The minimum Gasteiger partial charge on any atom is -0.485 e. The second kappa shape index (κ2) is 7.15. The molecular formula is C20H18N4O4. The number of benzene rings is 2. The van der Waals surface area contributed by atoms with Crippen LogP contribution in [0.4, 0.5) is 0 Å². The second-order valence-corrected chi connectivity index (χ2v) is 6.41. The van der Waals surface area contributed by atoms with E-state index < -0.39 is 17.9 Å². The van der Waals surface area contributed by atoms with Crippen molar-refractivity contribution >= 4 is 22.8 Å². The first kappa shape index (κ1) is 17.7. The fourth-order valence-corrected chi connectivity index (χ4v) is 2.79. The molecule has 142 valence electrons. The van der Waals surface area contributed by atoms with Crippen LogP contribution in [0.15, 0.2) is 42.5 Å². The van der Waals surface area contributed by atoms with Crippen LogP contribution in [0.25, 0.3) is 11.0 Å². The molecule has 0 radical (unpaired) electrons. The molecular weight excluding hydrogens is 360 g/mol. The van der Waals surface area contributed by atoms with Crippen molar-refractivity contribution in [3.05, 3.63) is 59.4 Å². The molecule has 0 saturated carbocycles. The zero-order chi connectivity index (χ0) is 19.7. The van der Waals surface area contributed by atoms with Gasteiger partial charge in [0.1, 0.15) is 6.61 Å². The van der Waals surface area contributed by atoms with Gasteiger partial charge in [-0.3, -0.25) is 20.4 Å². The molecule has 2 aromatic carbocycles. The number of nitrogens with zero attached hydrogens (tertiary/aromatic N) is 2. The number of hydrazine groups is 1. The number of aromatic nitrogens is 2. The summed E-state index contributed by atoms with van der Waals surface area (Å²) in [7, 11) is 0. The summed E-state index contributed by atoms with van der Waals surface area (Å²) in [4.78, 5) is 33.5. The number of rotatable bonds is 2. The van der Waals surface area contributed by atoms with E-state index in [1.807, 2.05) is 19.9 Å². The Morgan fingerprint density at radius 3 is 2.46 bits per heavy atom. The van der Waals surface area contributed by atoms with Crippen molar-refractivity contribution in [2.45, 2.75) is 20.0 Å². The van der Waals surface area contributed by atoms with Crippen LogP contribution >= 0.6 is 0 Å². The summed E-state index contributed by atoms with van der Waals surface area (Å²) in [6.45, 7) is 3.80. The summed E-state index contributed by atoms with van der Waals surface area (Å²) in [6, 6.07) is 12.1. The normalized spacial score (nSPS) is 15.1. The maximum atomic E-state index is 12.4. The van der Waals surface area contributed by atoms with Crippen molar-refractivity contribution in [2.75, 3.05) is 6.61 Å². The summed E-state index contributed by atoms with van der Waals surface area (Å²) in [5.41, 5.74) is 8.07. The first-order valence-electron chi connectivity index (χ1n) is 8.75. The number of fused-ring (bicyclic) bond motifs is 2. The predicted molar refractivity (Wildman–Crippen MR) is 101 cm³/mol. The third-order valence-electron chi connectivity index (χ3n) is 4.44. The van der Waals surface area contributed by atoms with Crippen molar-refractivity contribution in [2.24, 2.45) is 0 Å². The van der Waals surface area contributed by atoms with Crippen LogP contribution < -0.4 is 20.3 Å². The molecule has 2 amide bonds. The van der Waals surface area contributed by atoms with Crippen LogP contribution in [0.2, 0.25) is 0 Å². The maximum absolute atomic E-state index is 12.4. The molecule has 1 unspecified atom stereocenters. The van der Waals surface area contributed by atoms with E-state index in [4.69, 9.17) is 9.47 Å². The minimum absolute atomic E-state index is 0.0584. The average molecular weight is 378 g/mol. The van der Waals surface area contributed by atoms with Gasteiger partial charge in [0.15, 0.2) is 11.5 Å². The van der Waals surface area contributed by atoms with Gasteiger partial charge in [-0.1, -0.05) is 12.1 Å². The molecule has 0 saturated heterocycles. The van der Waals surface area contributed by atoms with Gasteiger partial charge in [0, 0.05) is 5.56 Å². The molecule has 1 atom stereocenters. The Morgan fingerprint density at radius 2 is 1.68 bits per heavy atom. The van der Waals surface area contributed by atoms with Gasteiger partial charge in [-0.25, -0.2) is 9.97 Å². The third-order valence-corrected chi connectivity index (χ3v) is 4.44. The number of hydrogen-bond donors (Lipinski definition) is 2. The molecule has 1 aliphatic heterocycles. The Labute approximate surface area is 160 Å². The van der Waals surface area contributed by atoms with E-state index in [0.717, 1.165) is 11.4 Å². The van der Waals surface area contributed by atoms with E-state index in [9.17, 15) is 9.59 Å². The fraction of sp³-hybridized carbons (Fsp3) is 0.200. The van der Waals surface area contributed by atoms with Gasteiger partial charge in [-0.2, -0.15) is 0 Å². The molecule has 0 spiro atoms. The molecule has 8 heteroatoms. The molecule has 4 rings (SSSR count). The van der Waals surface area contributed by atoms with E-state index in [-0.39, 0.29) is 6.61 Å². The van der Waals surface area contributed by atoms with E-state index in [1.54, 1.807) is 36.4 Å². The van der Waals surface area contributed by atoms with Crippen molar-refractivity contribution in [1.29, 1.82) is 0 Å². The quantitative estimate of drug-likeness (QED) is 0.660. The second-order valence-electron chi connectivity index (χ2n) is 6.41. The number of aryl methyl sites for hydroxylation is 2. The first-order valence-corrected chi connectivity index (χ1v) is 8.75. The monoisotopic (exact) mass is 378 g/mol. The average Bonchev–Trinajstić information content (AvgIpc) is 2.72. The molecule has 0 bridgehead atoms. The van der Waals surface area contributed by atoms with Gasteiger partial charge < -0.3 is 9.47 Å². The SMILES string of the molecule is Cc1nc2ccc(C(=O)NNC(=O)C3COc4ccccc4O3)cc2nc1C. The highest BCUT2D eigenvalue weighted by Crippen LogP contribution is 2.30. The lowest BCUT2D eigenvalue weighted by atomic mass is 10.1. The van der Waals surface area contributed by atoms with Crippen molar-refractivity contribution < 1.29 is 19.1 Å². The Balaban J connectivity index is 1.41. The summed E-state index contributed by atoms with van der Waals surface area (Å²) in [5, 5.41) is 0. The molecule has 2 N–H and O–H groups in total. The number of para-hydroxylation sites is 2. The largest absolute Gasteiger partial charge is 0.485 e. The molecule has 28 heavy (non-hydrogen) atoms. The van der Waals surface area contributed by atoms with Gasteiger partial charge in [-0.15, -0.1) is 0 Å². The van der Waals surface area contributed by atoms with E-state index in [1.165, 1.54) is 0 Å². The number of carbonyl (C=O) groups excluding carboxylic acids is 2. The van der Waals surface area contributed by atoms with Crippen LogP contribution in [0, 0.1) is 13.8 Å². The number of hydrogen-bond acceptors (Lipinski definition) is 6. The van der Waals surface area contributed by atoms with E-state index in [0.29, 0.717) is 28.1 Å². The fourth-order valence-electron chi connectivity index (χ4n) is 2.79. The minimum atomic E-state index is -0.858. The van der Waals surface area contributed by atoms with Gasteiger partial charge in [0.25, 0.3) is 11.8 Å². The third kappa shape index (κ3) is 3.44. The lowest BCUT2D eigenvalue weighted by Gasteiger charge is -2.25. The molecule has 2 heterocycles. The lowest BCUT2D eigenvalue weighted by Crippen LogP contribution is -2.50. The number of nitrogens with one attached hydrogen (secondary N) is 2. The van der Waals surface area contributed by atoms with Crippen molar-refractivity contribution in [3.8, 4) is 11.5 Å². The van der Waals surface area contributed by atoms with Crippen LogP contribution in [0.3, 0.4) is 0 Å². The van der Waals surface area contributed by atoms with Crippen molar-refractivity contribution in [3.63, 3.8) is 0 Å². The van der Waals surface area contributed by atoms with E-state index in [2.05, 4.69) is 20.8 Å². The predicted octanol–water partition coefficient (Wildman–Crippen LogP) is 1.85.